The smallest absolute Gasteiger partial charge is 0.410 e. The van der Waals surface area contributed by atoms with Crippen molar-refractivity contribution in [2.75, 3.05) is 13.1 Å². The summed E-state index contributed by atoms with van der Waals surface area (Å²) in [6, 6.07) is 2.47. The van der Waals surface area contributed by atoms with Crippen LogP contribution in [-0.2, 0) is 21.4 Å². The molecule has 0 saturated carbocycles. The molecule has 0 radical (unpaired) electrons. The van der Waals surface area contributed by atoms with E-state index >= 15 is 13.2 Å². The Kier molecular flexibility index (Phi) is 5.85. The number of aromatic nitrogens is 2. The second-order valence-corrected chi connectivity index (χ2v) is 9.91. The molecule has 8 nitrogen and oxygen atoms in total. The molecule has 11 heteroatoms. The van der Waals surface area contributed by atoms with Gasteiger partial charge >= 0.3 is 6.09 Å². The third-order valence-electron chi connectivity index (χ3n) is 6.19. The number of carbonyl (C=O) groups is 3. The molecule has 2 aromatic rings. The summed E-state index contributed by atoms with van der Waals surface area (Å²) < 4.78 is 52.1. The van der Waals surface area contributed by atoms with Crippen LogP contribution in [0.3, 0.4) is 0 Å². The molecule has 1 N–H and O–H groups in total. The lowest BCUT2D eigenvalue weighted by molar-refractivity contribution is -0.134. The van der Waals surface area contributed by atoms with E-state index in [2.05, 4.69) is 10.4 Å². The molecule has 2 unspecified atom stereocenters. The van der Waals surface area contributed by atoms with Crippen LogP contribution in [0.2, 0.25) is 0 Å². The minimum Gasteiger partial charge on any atom is -0.444 e. The first-order chi connectivity index (χ1) is 15.8. The first-order valence-electron chi connectivity index (χ1n) is 11.1. The summed E-state index contributed by atoms with van der Waals surface area (Å²) in [5.74, 6) is -7.27. The van der Waals surface area contributed by atoms with Crippen molar-refractivity contribution >= 4 is 28.8 Å². The van der Waals surface area contributed by atoms with Gasteiger partial charge in [-0.05, 0) is 51.3 Å². The number of alkyl halides is 2. The quantitative estimate of drug-likeness (QED) is 0.663. The van der Waals surface area contributed by atoms with Crippen molar-refractivity contribution in [2.24, 2.45) is 7.05 Å². The Balaban J connectivity index is 1.64. The molecule has 4 rings (SSSR count). The van der Waals surface area contributed by atoms with Gasteiger partial charge in [0.15, 0.2) is 0 Å². The van der Waals surface area contributed by atoms with E-state index in [1.807, 2.05) is 0 Å². The molecule has 2 saturated heterocycles. The van der Waals surface area contributed by atoms with E-state index in [-0.39, 0.29) is 37.3 Å². The molecule has 34 heavy (non-hydrogen) atoms. The number of benzene rings is 1. The zero-order chi connectivity index (χ0) is 25.0. The molecule has 2 aliphatic heterocycles. The highest BCUT2D eigenvalue weighted by atomic mass is 19.3. The minimum atomic E-state index is -3.38. The zero-order valence-electron chi connectivity index (χ0n) is 19.5. The van der Waals surface area contributed by atoms with Gasteiger partial charge in [-0.15, -0.1) is 0 Å². The van der Waals surface area contributed by atoms with Crippen molar-refractivity contribution < 1.29 is 32.3 Å². The Morgan fingerprint density at radius 2 is 1.94 bits per heavy atom. The Morgan fingerprint density at radius 3 is 2.56 bits per heavy atom. The second-order valence-electron chi connectivity index (χ2n) is 9.91. The highest BCUT2D eigenvalue weighted by Crippen LogP contribution is 2.43. The average Bonchev–Trinajstić information content (AvgIpc) is 3.01. The molecule has 0 bridgehead atoms. The Morgan fingerprint density at radius 1 is 1.24 bits per heavy atom. The van der Waals surface area contributed by atoms with E-state index in [0.29, 0.717) is 16.6 Å². The maximum absolute atomic E-state index is 15.2. The molecular weight excluding hydrogens is 453 g/mol. The number of hydrogen-bond acceptors (Lipinski definition) is 5. The Labute approximate surface area is 194 Å². The molecule has 1 aromatic heterocycles. The van der Waals surface area contributed by atoms with Crippen molar-refractivity contribution in [3.05, 3.63) is 29.2 Å². The summed E-state index contributed by atoms with van der Waals surface area (Å²) >= 11 is 0. The van der Waals surface area contributed by atoms with Crippen LogP contribution in [0.1, 0.15) is 63.1 Å². The number of amides is 3. The Bertz CT molecular complexity index is 1170. The lowest BCUT2D eigenvalue weighted by atomic mass is 9.85. The second kappa shape index (κ2) is 8.28. The predicted molar refractivity (Wildman–Crippen MR) is 116 cm³/mol. The molecule has 3 amide bonds. The first kappa shape index (κ1) is 24.0. The molecule has 1 aromatic carbocycles. The van der Waals surface area contributed by atoms with Crippen molar-refractivity contribution in [2.45, 2.75) is 63.4 Å². The van der Waals surface area contributed by atoms with Gasteiger partial charge in [0.05, 0.1) is 29.6 Å². The number of aryl methyl sites for hydroxylation is 1. The van der Waals surface area contributed by atoms with Crippen LogP contribution in [0.4, 0.5) is 18.0 Å². The van der Waals surface area contributed by atoms with Gasteiger partial charge in [0.1, 0.15) is 11.4 Å². The van der Waals surface area contributed by atoms with Gasteiger partial charge in [0.25, 0.3) is 5.92 Å². The molecule has 2 aliphatic rings. The fraction of sp³-hybridized carbons (Fsp3) is 0.565. The van der Waals surface area contributed by atoms with Gasteiger partial charge in [-0.3, -0.25) is 19.6 Å². The largest absolute Gasteiger partial charge is 0.444 e. The number of hydrogen-bond donors (Lipinski definition) is 1. The molecule has 2 fully saturated rings. The highest BCUT2D eigenvalue weighted by molar-refractivity contribution is 6.02. The lowest BCUT2D eigenvalue weighted by Gasteiger charge is -2.39. The summed E-state index contributed by atoms with van der Waals surface area (Å²) in [6.45, 7) is 4.07. The van der Waals surface area contributed by atoms with Crippen molar-refractivity contribution in [1.82, 2.24) is 20.0 Å². The maximum Gasteiger partial charge on any atom is 0.410 e. The van der Waals surface area contributed by atoms with E-state index in [0.717, 1.165) is 11.0 Å². The molecule has 3 heterocycles. The fourth-order valence-corrected chi connectivity index (χ4v) is 4.60. The highest BCUT2D eigenvalue weighted by Gasteiger charge is 2.48. The number of nitrogens with one attached hydrogen (secondary N) is 1. The lowest BCUT2D eigenvalue weighted by Crippen LogP contribution is -2.51. The van der Waals surface area contributed by atoms with Crippen LogP contribution in [-0.4, -0.2) is 57.2 Å². The summed E-state index contributed by atoms with van der Waals surface area (Å²) in [6.07, 6.45) is -0.604. The standard InChI is InChI=1S/C23H27F3N4O4/c1-22(2,3)34-21(33)30-8-7-15(23(25,26)11-30)13-10-17-14(9-16(13)24)19(28-29(17)4)12-5-6-18(31)27-20(12)32/h9-10,12,15H,5-8,11H2,1-4H3,(H,27,31,32). The van der Waals surface area contributed by atoms with Crippen molar-refractivity contribution in [3.63, 3.8) is 0 Å². The van der Waals surface area contributed by atoms with Gasteiger partial charge < -0.3 is 9.64 Å². The fourth-order valence-electron chi connectivity index (χ4n) is 4.60. The summed E-state index contributed by atoms with van der Waals surface area (Å²) in [5, 5.41) is 6.94. The summed E-state index contributed by atoms with van der Waals surface area (Å²) in [4.78, 5) is 37.0. The zero-order valence-corrected chi connectivity index (χ0v) is 19.5. The molecule has 184 valence electrons. The van der Waals surface area contributed by atoms with Crippen LogP contribution in [0.15, 0.2) is 12.1 Å². The van der Waals surface area contributed by atoms with Gasteiger partial charge in [-0.2, -0.15) is 5.10 Å². The number of ether oxygens (including phenoxy) is 1. The molecule has 0 spiro atoms. The van der Waals surface area contributed by atoms with Gasteiger partial charge in [0.2, 0.25) is 11.8 Å². The topological polar surface area (TPSA) is 93.5 Å². The minimum absolute atomic E-state index is 0.000439. The molecular formula is C23H27F3N4O4. The number of carbonyl (C=O) groups excluding carboxylic acids is 3. The number of likely N-dealkylation sites (tertiary alicyclic amines) is 1. The number of piperidine rings is 2. The number of rotatable bonds is 2. The van der Waals surface area contributed by atoms with E-state index in [1.165, 1.54) is 10.7 Å². The number of nitrogens with zero attached hydrogens (tertiary/aromatic N) is 3. The van der Waals surface area contributed by atoms with E-state index in [1.54, 1.807) is 27.8 Å². The van der Waals surface area contributed by atoms with Gasteiger partial charge in [-0.25, -0.2) is 18.0 Å². The third kappa shape index (κ3) is 4.47. The summed E-state index contributed by atoms with van der Waals surface area (Å²) in [5.41, 5.74) is -0.278. The number of halogens is 3. The average molecular weight is 480 g/mol. The van der Waals surface area contributed by atoms with Crippen molar-refractivity contribution in [3.8, 4) is 0 Å². The molecule has 2 atom stereocenters. The van der Waals surface area contributed by atoms with Crippen LogP contribution < -0.4 is 5.32 Å². The van der Waals surface area contributed by atoms with Crippen LogP contribution in [0.25, 0.3) is 10.9 Å². The first-order valence-corrected chi connectivity index (χ1v) is 11.1. The Hall–Kier alpha value is -3.11. The maximum atomic E-state index is 15.2. The van der Waals surface area contributed by atoms with Gasteiger partial charge in [0, 0.05) is 25.4 Å². The van der Waals surface area contributed by atoms with Crippen LogP contribution in [0, 0.1) is 5.82 Å². The molecule has 0 aliphatic carbocycles. The van der Waals surface area contributed by atoms with Crippen LogP contribution in [0.5, 0.6) is 0 Å². The van der Waals surface area contributed by atoms with E-state index in [4.69, 9.17) is 4.74 Å². The van der Waals surface area contributed by atoms with Gasteiger partial charge in [-0.1, -0.05) is 0 Å². The monoisotopic (exact) mass is 480 g/mol. The number of fused-ring (bicyclic) bond motifs is 1. The SMILES string of the molecule is Cn1nc(C2CCC(=O)NC2=O)c2cc(F)c(C3CCN(C(=O)OC(C)(C)C)CC3(F)F)cc21. The van der Waals surface area contributed by atoms with E-state index < -0.39 is 47.7 Å². The normalized spacial score (nSPS) is 23.2. The van der Waals surface area contributed by atoms with Crippen LogP contribution >= 0.6 is 0 Å². The van der Waals surface area contributed by atoms with E-state index in [9.17, 15) is 14.4 Å². The summed E-state index contributed by atoms with van der Waals surface area (Å²) in [7, 11) is 1.59. The van der Waals surface area contributed by atoms with Crippen molar-refractivity contribution in [1.29, 1.82) is 0 Å². The number of imide groups is 1. The third-order valence-corrected chi connectivity index (χ3v) is 6.19. The predicted octanol–water partition coefficient (Wildman–Crippen LogP) is 3.59.